The number of carbonyl (C=O) groups is 2. The number of hydrogen-bond acceptors (Lipinski definition) is 6. The Kier molecular flexibility index (Phi) is 4.93. The maximum atomic E-state index is 11.0. The van der Waals surface area contributed by atoms with Crippen LogP contribution in [0.5, 0.6) is 0 Å². The molecule has 0 saturated heterocycles. The lowest BCUT2D eigenvalue weighted by atomic mass is 10.0. The van der Waals surface area contributed by atoms with Crippen LogP contribution in [0.1, 0.15) is 11.1 Å². The molecule has 2 aliphatic rings. The zero-order chi connectivity index (χ0) is 19.3. The van der Waals surface area contributed by atoms with E-state index in [4.69, 9.17) is 9.47 Å². The number of esters is 2. The summed E-state index contributed by atoms with van der Waals surface area (Å²) in [5.41, 5.74) is 3.86. The van der Waals surface area contributed by atoms with Crippen molar-refractivity contribution in [2.45, 2.75) is 12.8 Å². The molecule has 0 aromatic heterocycles. The molecule has 0 radical (unpaired) electrons. The highest BCUT2D eigenvalue weighted by Crippen LogP contribution is 2.19. The normalized spacial score (nSPS) is 18.1. The molecule has 0 aliphatic carbocycles. The van der Waals surface area contributed by atoms with Gasteiger partial charge in [0, 0.05) is 24.3 Å². The maximum Gasteiger partial charge on any atom is 0.337 e. The van der Waals surface area contributed by atoms with E-state index in [9.17, 15) is 9.59 Å². The van der Waals surface area contributed by atoms with Crippen molar-refractivity contribution in [2.24, 2.45) is 9.98 Å². The van der Waals surface area contributed by atoms with Crippen molar-refractivity contribution < 1.29 is 19.1 Å². The molecular formula is C22H16N2O4. The van der Waals surface area contributed by atoms with Gasteiger partial charge in [-0.25, -0.2) is 19.6 Å². The highest BCUT2D eigenvalue weighted by atomic mass is 16.5. The first-order valence-electron chi connectivity index (χ1n) is 8.79. The highest BCUT2D eigenvalue weighted by molar-refractivity contribution is 6.09. The zero-order valence-electron chi connectivity index (χ0n) is 14.9. The summed E-state index contributed by atoms with van der Waals surface area (Å²) in [5.74, 6) is -0.171. The van der Waals surface area contributed by atoms with Crippen LogP contribution in [0.3, 0.4) is 0 Å². The number of aryl methyl sites for hydroxylation is 2. The van der Waals surface area contributed by atoms with Gasteiger partial charge in [0.2, 0.25) is 11.8 Å². The van der Waals surface area contributed by atoms with E-state index in [0.717, 1.165) is 24.2 Å². The van der Waals surface area contributed by atoms with Crippen molar-refractivity contribution in [3.63, 3.8) is 0 Å². The summed E-state index contributed by atoms with van der Waals surface area (Å²) in [7, 11) is 0. The Bertz CT molecular complexity index is 944. The molecule has 4 rings (SSSR count). The van der Waals surface area contributed by atoms with Crippen LogP contribution in [0.4, 0.5) is 11.4 Å². The summed E-state index contributed by atoms with van der Waals surface area (Å²) in [6, 6.07) is 15.7. The van der Waals surface area contributed by atoms with E-state index in [2.05, 4.69) is 9.98 Å². The van der Waals surface area contributed by atoms with Crippen molar-refractivity contribution in [1.29, 1.82) is 0 Å². The maximum absolute atomic E-state index is 11.0. The van der Waals surface area contributed by atoms with E-state index in [1.165, 1.54) is 23.3 Å². The average Bonchev–Trinajstić information content (AvgIpc) is 3.30. The van der Waals surface area contributed by atoms with Crippen molar-refractivity contribution >= 4 is 35.1 Å². The van der Waals surface area contributed by atoms with Crippen molar-refractivity contribution in [3.8, 4) is 0 Å². The number of benzene rings is 2. The summed E-state index contributed by atoms with van der Waals surface area (Å²) in [4.78, 5) is 30.6. The number of ether oxygens (including phenoxy) is 2. The second-order valence-corrected chi connectivity index (χ2v) is 6.24. The molecular weight excluding hydrogens is 356 g/mol. The Morgan fingerprint density at radius 3 is 1.29 bits per heavy atom. The van der Waals surface area contributed by atoms with Gasteiger partial charge in [-0.1, -0.05) is 24.3 Å². The van der Waals surface area contributed by atoms with E-state index in [-0.39, 0.29) is 0 Å². The fourth-order valence-corrected chi connectivity index (χ4v) is 2.76. The number of carbonyl (C=O) groups excluding carboxylic acids is 2. The predicted octanol–water partition coefficient (Wildman–Crippen LogP) is 3.76. The first kappa shape index (κ1) is 17.6. The molecule has 6 nitrogen and oxygen atoms in total. The van der Waals surface area contributed by atoms with Crippen molar-refractivity contribution in [3.05, 3.63) is 84.0 Å². The number of hydrogen-bond donors (Lipinski definition) is 0. The SMILES string of the molecule is O=C1C=CC(=Nc2ccc(CCc3ccc(N=C4C=CC(=O)O4)cc3)cc2)O1. The van der Waals surface area contributed by atoms with Gasteiger partial charge in [-0.05, 0) is 48.2 Å². The minimum absolute atomic E-state index is 0.310. The van der Waals surface area contributed by atoms with E-state index >= 15 is 0 Å². The van der Waals surface area contributed by atoms with Crippen LogP contribution >= 0.6 is 0 Å². The summed E-state index contributed by atoms with van der Waals surface area (Å²) in [6.07, 6.45) is 7.58. The van der Waals surface area contributed by atoms with Gasteiger partial charge in [-0.2, -0.15) is 0 Å². The van der Waals surface area contributed by atoms with Gasteiger partial charge in [0.25, 0.3) is 0 Å². The lowest BCUT2D eigenvalue weighted by molar-refractivity contribution is -0.130. The quantitative estimate of drug-likeness (QED) is 0.749. The third-order valence-corrected chi connectivity index (χ3v) is 4.19. The topological polar surface area (TPSA) is 77.3 Å². The largest absolute Gasteiger partial charge is 0.404 e. The van der Waals surface area contributed by atoms with E-state index in [1.807, 2.05) is 48.5 Å². The van der Waals surface area contributed by atoms with Crippen LogP contribution in [0.2, 0.25) is 0 Å². The van der Waals surface area contributed by atoms with Gasteiger partial charge in [0.15, 0.2) is 0 Å². The molecule has 0 bridgehead atoms. The summed E-state index contributed by atoms with van der Waals surface area (Å²) in [5, 5.41) is 0. The molecule has 2 aromatic rings. The lowest BCUT2D eigenvalue weighted by Crippen LogP contribution is -1.98. The number of cyclic esters (lactones) is 2. The average molecular weight is 372 g/mol. The van der Waals surface area contributed by atoms with Crippen molar-refractivity contribution in [1.82, 2.24) is 0 Å². The third kappa shape index (κ3) is 4.48. The number of rotatable bonds is 5. The first-order chi connectivity index (χ1) is 13.6. The molecule has 0 N–H and O–H groups in total. The van der Waals surface area contributed by atoms with E-state index in [0.29, 0.717) is 11.8 Å². The van der Waals surface area contributed by atoms with Crippen LogP contribution in [-0.4, -0.2) is 23.7 Å². The molecule has 28 heavy (non-hydrogen) atoms. The summed E-state index contributed by atoms with van der Waals surface area (Å²) in [6.45, 7) is 0. The van der Waals surface area contributed by atoms with Crippen LogP contribution in [0.25, 0.3) is 0 Å². The summed E-state index contributed by atoms with van der Waals surface area (Å²) >= 11 is 0. The van der Waals surface area contributed by atoms with Gasteiger partial charge < -0.3 is 9.47 Å². The van der Waals surface area contributed by atoms with Gasteiger partial charge >= 0.3 is 11.9 Å². The molecule has 2 aliphatic heterocycles. The molecule has 2 heterocycles. The minimum Gasteiger partial charge on any atom is -0.404 e. The molecule has 0 spiro atoms. The standard InChI is InChI=1S/C22H16N2O4/c25-21-13-11-19(27-21)23-17-7-3-15(4-8-17)1-2-16-5-9-18(10-6-16)24-20-12-14-22(26)28-20/h3-14H,1-2H2. The van der Waals surface area contributed by atoms with Gasteiger partial charge in [-0.15, -0.1) is 0 Å². The highest BCUT2D eigenvalue weighted by Gasteiger charge is 2.11. The van der Waals surface area contributed by atoms with E-state index in [1.54, 1.807) is 12.2 Å². The van der Waals surface area contributed by atoms with Gasteiger partial charge in [0.05, 0.1) is 11.4 Å². The summed E-state index contributed by atoms with van der Waals surface area (Å²) < 4.78 is 9.84. The number of nitrogens with zero attached hydrogens (tertiary/aromatic N) is 2. The monoisotopic (exact) mass is 372 g/mol. The Morgan fingerprint density at radius 2 is 0.964 bits per heavy atom. The van der Waals surface area contributed by atoms with E-state index < -0.39 is 11.9 Å². The fraction of sp³-hybridized carbons (Fsp3) is 0.0909. The fourth-order valence-electron chi connectivity index (χ4n) is 2.76. The van der Waals surface area contributed by atoms with Crippen LogP contribution in [0, 0.1) is 0 Å². The molecule has 0 atom stereocenters. The Labute approximate surface area is 161 Å². The number of aliphatic imine (C=N–C) groups is 2. The Balaban J connectivity index is 1.33. The van der Waals surface area contributed by atoms with Crippen molar-refractivity contribution in [2.75, 3.05) is 0 Å². The minimum atomic E-state index is -0.395. The molecule has 2 aromatic carbocycles. The predicted molar refractivity (Wildman–Crippen MR) is 105 cm³/mol. The first-order valence-corrected chi connectivity index (χ1v) is 8.79. The third-order valence-electron chi connectivity index (χ3n) is 4.19. The molecule has 0 fully saturated rings. The molecule has 0 amide bonds. The molecule has 6 heteroatoms. The van der Waals surface area contributed by atoms with Gasteiger partial charge in [0.1, 0.15) is 0 Å². The van der Waals surface area contributed by atoms with Crippen LogP contribution in [-0.2, 0) is 31.9 Å². The van der Waals surface area contributed by atoms with Crippen LogP contribution < -0.4 is 0 Å². The second kappa shape index (κ2) is 7.84. The Morgan fingerprint density at radius 1 is 0.571 bits per heavy atom. The lowest BCUT2D eigenvalue weighted by Gasteiger charge is -2.04. The molecule has 138 valence electrons. The van der Waals surface area contributed by atoms with Gasteiger partial charge in [-0.3, -0.25) is 0 Å². The smallest absolute Gasteiger partial charge is 0.337 e. The zero-order valence-corrected chi connectivity index (χ0v) is 14.9. The Hall–Kier alpha value is -3.80. The molecule has 0 saturated carbocycles. The van der Waals surface area contributed by atoms with Crippen LogP contribution in [0.15, 0.2) is 82.8 Å². The second-order valence-electron chi connectivity index (χ2n) is 6.24. The molecule has 0 unspecified atom stereocenters.